The van der Waals surface area contributed by atoms with Crippen LogP contribution in [0.1, 0.15) is 11.1 Å². The van der Waals surface area contributed by atoms with Crippen LogP contribution in [0.25, 0.3) is 66.1 Å². The maximum absolute atomic E-state index is 2.56. The van der Waals surface area contributed by atoms with E-state index in [1.807, 2.05) is 0 Å². The van der Waals surface area contributed by atoms with E-state index in [-0.39, 0.29) is 6.71 Å². The molecule has 3 nitrogen and oxygen atoms in total. The first kappa shape index (κ1) is 29.8. The van der Waals surface area contributed by atoms with Gasteiger partial charge in [-0.25, -0.2) is 0 Å². The van der Waals surface area contributed by atoms with Gasteiger partial charge >= 0.3 is 0 Å². The first-order chi connectivity index (χ1) is 26.7. The lowest BCUT2D eigenvalue weighted by atomic mass is 9.34. The van der Waals surface area contributed by atoms with Crippen LogP contribution in [0, 0.1) is 13.8 Å². The molecule has 4 heteroatoms. The summed E-state index contributed by atoms with van der Waals surface area (Å²) in [6, 6.07) is 63.2. The Bertz CT molecular complexity index is 3010. The Kier molecular flexibility index (Phi) is 6.00. The van der Waals surface area contributed by atoms with E-state index < -0.39 is 0 Å². The summed E-state index contributed by atoms with van der Waals surface area (Å²) in [5.41, 5.74) is 20.2. The van der Waals surface area contributed by atoms with Crippen LogP contribution < -0.4 is 21.3 Å². The monoisotopic (exact) mass is 687 g/mol. The first-order valence-electron chi connectivity index (χ1n) is 18.9. The molecular weight excluding hydrogens is 653 g/mol. The quantitative estimate of drug-likeness (QED) is 0.168. The van der Waals surface area contributed by atoms with Gasteiger partial charge in [0.15, 0.2) is 0 Å². The van der Waals surface area contributed by atoms with Crippen molar-refractivity contribution in [2.24, 2.45) is 0 Å². The molecule has 0 amide bonds. The molecule has 2 aliphatic heterocycles. The molecule has 252 valence electrons. The standard InChI is InChI=1S/C50H34BN3/c1-31-13-3-7-21-42(31)52(43-22-8-4-14-32(43)2)35-27-25-33(26-28-35)34-29-46-48-47(30-34)54-45-24-10-6-16-37(45)39-18-12-20-41(50(39)54)51(48)40-19-11-17-38-36-15-5-9-23-44(36)53(46)49(38)40/h3-30H,1-2H3. The Labute approximate surface area is 314 Å². The van der Waals surface area contributed by atoms with Crippen molar-refractivity contribution >= 4 is 83.8 Å². The smallest absolute Gasteiger partial charge is 0.252 e. The number of aryl methyl sites for hydroxylation is 2. The molecule has 8 aromatic carbocycles. The van der Waals surface area contributed by atoms with E-state index in [0.717, 1.165) is 5.69 Å². The van der Waals surface area contributed by atoms with Crippen molar-refractivity contribution in [3.63, 3.8) is 0 Å². The molecule has 0 bridgehead atoms. The highest BCUT2D eigenvalue weighted by Crippen LogP contribution is 2.42. The van der Waals surface area contributed by atoms with Gasteiger partial charge in [0, 0.05) is 61.0 Å². The highest BCUT2D eigenvalue weighted by Gasteiger charge is 2.40. The third-order valence-corrected chi connectivity index (χ3v) is 12.2. The van der Waals surface area contributed by atoms with Crippen molar-refractivity contribution in [2.75, 3.05) is 4.90 Å². The molecule has 0 aliphatic carbocycles. The van der Waals surface area contributed by atoms with E-state index in [0.29, 0.717) is 0 Å². The molecule has 0 saturated carbocycles. The van der Waals surface area contributed by atoms with Gasteiger partial charge in [-0.3, -0.25) is 0 Å². The fraction of sp³-hybridized carbons (Fsp3) is 0.0400. The number of hydrogen-bond acceptors (Lipinski definition) is 1. The molecule has 10 aromatic rings. The van der Waals surface area contributed by atoms with Gasteiger partial charge in [-0.05, 0) is 101 Å². The highest BCUT2D eigenvalue weighted by atomic mass is 15.1. The molecule has 54 heavy (non-hydrogen) atoms. The molecular formula is C50H34BN3. The third-order valence-electron chi connectivity index (χ3n) is 12.2. The zero-order valence-corrected chi connectivity index (χ0v) is 30.1. The fourth-order valence-electron chi connectivity index (χ4n) is 9.83. The van der Waals surface area contributed by atoms with Crippen LogP contribution in [0.2, 0.25) is 0 Å². The second kappa shape index (κ2) is 10.9. The van der Waals surface area contributed by atoms with Gasteiger partial charge in [-0.15, -0.1) is 0 Å². The van der Waals surface area contributed by atoms with Crippen molar-refractivity contribution < 1.29 is 0 Å². The van der Waals surface area contributed by atoms with Gasteiger partial charge in [0.1, 0.15) is 0 Å². The average Bonchev–Trinajstić information content (AvgIpc) is 3.74. The molecule has 0 N–H and O–H groups in total. The summed E-state index contributed by atoms with van der Waals surface area (Å²) < 4.78 is 5.12. The molecule has 2 aliphatic rings. The number of anilines is 3. The zero-order valence-electron chi connectivity index (χ0n) is 30.1. The van der Waals surface area contributed by atoms with Crippen molar-refractivity contribution in [3.8, 4) is 22.5 Å². The van der Waals surface area contributed by atoms with E-state index in [9.17, 15) is 0 Å². The Morgan fingerprint density at radius 3 is 1.41 bits per heavy atom. The van der Waals surface area contributed by atoms with Gasteiger partial charge in [0.05, 0.1) is 11.0 Å². The number of benzene rings is 8. The van der Waals surface area contributed by atoms with Crippen molar-refractivity contribution in [2.45, 2.75) is 13.8 Å². The average molecular weight is 688 g/mol. The van der Waals surface area contributed by atoms with Gasteiger partial charge < -0.3 is 14.0 Å². The van der Waals surface area contributed by atoms with E-state index in [4.69, 9.17) is 0 Å². The van der Waals surface area contributed by atoms with Crippen LogP contribution in [0.15, 0.2) is 170 Å². The number of para-hydroxylation sites is 6. The van der Waals surface area contributed by atoms with Crippen molar-refractivity contribution in [1.82, 2.24) is 9.13 Å². The number of rotatable bonds is 4. The lowest BCUT2D eigenvalue weighted by Crippen LogP contribution is -2.59. The Balaban J connectivity index is 1.14. The minimum absolute atomic E-state index is 0.129. The van der Waals surface area contributed by atoms with Crippen molar-refractivity contribution in [3.05, 3.63) is 181 Å². The predicted octanol–water partition coefficient (Wildman–Crippen LogP) is 10.8. The molecule has 0 atom stereocenters. The largest absolute Gasteiger partial charge is 0.310 e. The molecule has 0 radical (unpaired) electrons. The maximum Gasteiger partial charge on any atom is 0.252 e. The lowest BCUT2D eigenvalue weighted by Gasteiger charge is -2.34. The first-order valence-corrected chi connectivity index (χ1v) is 18.9. The van der Waals surface area contributed by atoms with Crippen LogP contribution in [-0.2, 0) is 0 Å². The second-order valence-corrected chi connectivity index (χ2v) is 15.0. The predicted molar refractivity (Wildman–Crippen MR) is 229 cm³/mol. The van der Waals surface area contributed by atoms with E-state index in [2.05, 4.69) is 198 Å². The molecule has 0 spiro atoms. The molecule has 4 heterocycles. The van der Waals surface area contributed by atoms with Gasteiger partial charge in [-0.2, -0.15) is 0 Å². The summed E-state index contributed by atoms with van der Waals surface area (Å²) in [7, 11) is 0. The SMILES string of the molecule is Cc1ccccc1N(c1ccc(-c2cc3c4c(c2)-n2c5ccccc5c5cccc(c52)B4c2cccc4c5ccccc5n-3c24)cc1)c1ccccc1C. The van der Waals surface area contributed by atoms with Gasteiger partial charge in [-0.1, -0.05) is 121 Å². The molecule has 12 rings (SSSR count). The summed E-state index contributed by atoms with van der Waals surface area (Å²) in [6.07, 6.45) is 0. The molecule has 0 fully saturated rings. The second-order valence-electron chi connectivity index (χ2n) is 15.0. The Morgan fingerprint density at radius 1 is 0.426 bits per heavy atom. The molecule has 0 unspecified atom stereocenters. The fourth-order valence-corrected chi connectivity index (χ4v) is 9.83. The van der Waals surface area contributed by atoms with E-state index in [1.54, 1.807) is 0 Å². The summed E-state index contributed by atoms with van der Waals surface area (Å²) in [4.78, 5) is 2.40. The zero-order chi connectivity index (χ0) is 35.7. The van der Waals surface area contributed by atoms with Crippen molar-refractivity contribution in [1.29, 1.82) is 0 Å². The number of aromatic nitrogens is 2. The Hall–Kier alpha value is -6.78. The number of fused-ring (bicyclic) bond motifs is 10. The van der Waals surface area contributed by atoms with Crippen LogP contribution in [-0.4, -0.2) is 15.8 Å². The number of nitrogens with zero attached hydrogens (tertiary/aromatic N) is 3. The van der Waals surface area contributed by atoms with Gasteiger partial charge in [0.2, 0.25) is 0 Å². The van der Waals surface area contributed by atoms with Crippen LogP contribution in [0.3, 0.4) is 0 Å². The summed E-state index contributed by atoms with van der Waals surface area (Å²) >= 11 is 0. The summed E-state index contributed by atoms with van der Waals surface area (Å²) in [5, 5.41) is 5.23. The lowest BCUT2D eigenvalue weighted by molar-refractivity contribution is 1.14. The topological polar surface area (TPSA) is 13.1 Å². The summed E-state index contributed by atoms with van der Waals surface area (Å²) in [6.45, 7) is 4.52. The van der Waals surface area contributed by atoms with E-state index in [1.165, 1.54) is 105 Å². The van der Waals surface area contributed by atoms with Crippen LogP contribution in [0.5, 0.6) is 0 Å². The summed E-state index contributed by atoms with van der Waals surface area (Å²) in [5.74, 6) is 0. The maximum atomic E-state index is 2.56. The minimum atomic E-state index is 0.129. The van der Waals surface area contributed by atoms with Gasteiger partial charge in [0.25, 0.3) is 6.71 Å². The third kappa shape index (κ3) is 3.87. The highest BCUT2D eigenvalue weighted by molar-refractivity contribution is 7.00. The normalized spacial score (nSPS) is 12.6. The van der Waals surface area contributed by atoms with E-state index >= 15 is 0 Å². The Morgan fingerprint density at radius 2 is 0.889 bits per heavy atom. The minimum Gasteiger partial charge on any atom is -0.310 e. The van der Waals surface area contributed by atoms with Crippen LogP contribution >= 0.6 is 0 Å². The van der Waals surface area contributed by atoms with Crippen LogP contribution in [0.4, 0.5) is 17.1 Å². The number of hydrogen-bond donors (Lipinski definition) is 0. The molecule has 0 saturated heterocycles. The molecule has 2 aromatic heterocycles.